The molecule has 0 radical (unpaired) electrons. The minimum absolute atomic E-state index is 0.0206. The second-order valence-corrected chi connectivity index (χ2v) is 10.5. The molecule has 0 spiro atoms. The molecule has 9 heteroatoms. The van der Waals surface area contributed by atoms with E-state index in [1.54, 1.807) is 24.0 Å². The van der Waals surface area contributed by atoms with Gasteiger partial charge in [0.2, 0.25) is 11.9 Å². The Morgan fingerprint density at radius 3 is 2.49 bits per heavy atom. The van der Waals surface area contributed by atoms with E-state index in [2.05, 4.69) is 19.2 Å². The average molecular weight is 483 g/mol. The number of amides is 2. The first-order valence-electron chi connectivity index (χ1n) is 12.2. The van der Waals surface area contributed by atoms with Crippen molar-refractivity contribution in [3.63, 3.8) is 0 Å². The third-order valence-corrected chi connectivity index (χ3v) is 6.74. The van der Waals surface area contributed by atoms with Gasteiger partial charge in [-0.15, -0.1) is 0 Å². The number of aromatic nitrogens is 2. The summed E-state index contributed by atoms with van der Waals surface area (Å²) in [5.41, 5.74) is 1.83. The number of rotatable bonds is 6. The summed E-state index contributed by atoms with van der Waals surface area (Å²) < 4.78 is 13.4. The SMILES string of the molecule is CC(=O)N1CCN(c2nc(NC(C)(C)Cc3ccc(F)cc3)c3c(n2)C(=O)N(C(C)C)C3)CC1C. The zero-order valence-corrected chi connectivity index (χ0v) is 21.4. The van der Waals surface area contributed by atoms with Crippen molar-refractivity contribution in [2.45, 2.75) is 72.1 Å². The molecule has 0 bridgehead atoms. The molecule has 1 unspecified atom stereocenters. The van der Waals surface area contributed by atoms with E-state index in [-0.39, 0.29) is 29.7 Å². The fourth-order valence-corrected chi connectivity index (χ4v) is 4.92. The maximum Gasteiger partial charge on any atom is 0.273 e. The van der Waals surface area contributed by atoms with Crippen molar-refractivity contribution in [3.8, 4) is 0 Å². The fourth-order valence-electron chi connectivity index (χ4n) is 4.92. The first kappa shape index (κ1) is 24.9. The zero-order valence-electron chi connectivity index (χ0n) is 21.4. The number of carbonyl (C=O) groups excluding carboxylic acids is 2. The summed E-state index contributed by atoms with van der Waals surface area (Å²) in [6, 6.07) is 6.56. The summed E-state index contributed by atoms with van der Waals surface area (Å²) in [4.78, 5) is 40.5. The zero-order chi connectivity index (χ0) is 25.5. The Kier molecular flexibility index (Phi) is 6.71. The molecule has 188 valence electrons. The smallest absolute Gasteiger partial charge is 0.273 e. The van der Waals surface area contributed by atoms with Crippen LogP contribution in [0, 0.1) is 5.82 Å². The third kappa shape index (κ3) is 5.23. The topological polar surface area (TPSA) is 81.7 Å². The molecule has 1 atom stereocenters. The molecule has 1 saturated heterocycles. The molecule has 4 rings (SSSR count). The van der Waals surface area contributed by atoms with Crippen LogP contribution in [-0.2, 0) is 17.8 Å². The van der Waals surface area contributed by atoms with E-state index in [4.69, 9.17) is 9.97 Å². The molecule has 1 N–H and O–H groups in total. The van der Waals surface area contributed by atoms with Crippen molar-refractivity contribution in [2.75, 3.05) is 29.9 Å². The highest BCUT2D eigenvalue weighted by Crippen LogP contribution is 2.33. The Hall–Kier alpha value is -3.23. The number of piperazine rings is 1. The van der Waals surface area contributed by atoms with Gasteiger partial charge in [-0.3, -0.25) is 9.59 Å². The van der Waals surface area contributed by atoms with Gasteiger partial charge in [-0.25, -0.2) is 9.37 Å². The minimum Gasteiger partial charge on any atom is -0.364 e. The molecule has 35 heavy (non-hydrogen) atoms. The van der Waals surface area contributed by atoms with Crippen LogP contribution in [0.15, 0.2) is 24.3 Å². The van der Waals surface area contributed by atoms with Crippen molar-refractivity contribution in [1.29, 1.82) is 0 Å². The summed E-state index contributed by atoms with van der Waals surface area (Å²) in [5.74, 6) is 0.852. The molecule has 2 aliphatic rings. The molecule has 1 fully saturated rings. The Labute approximate surface area is 206 Å². The largest absolute Gasteiger partial charge is 0.364 e. The summed E-state index contributed by atoms with van der Waals surface area (Å²) in [6.45, 7) is 13.9. The van der Waals surface area contributed by atoms with Gasteiger partial charge < -0.3 is 20.0 Å². The van der Waals surface area contributed by atoms with Crippen LogP contribution in [0.4, 0.5) is 16.2 Å². The number of carbonyl (C=O) groups is 2. The van der Waals surface area contributed by atoms with Crippen LogP contribution in [0.25, 0.3) is 0 Å². The maximum absolute atomic E-state index is 13.4. The van der Waals surface area contributed by atoms with E-state index in [9.17, 15) is 14.0 Å². The van der Waals surface area contributed by atoms with Crippen LogP contribution in [0.2, 0.25) is 0 Å². The molecule has 0 aliphatic carbocycles. The number of benzene rings is 1. The Balaban J connectivity index is 1.66. The predicted molar refractivity (Wildman–Crippen MR) is 134 cm³/mol. The van der Waals surface area contributed by atoms with Gasteiger partial charge in [0.1, 0.15) is 17.3 Å². The summed E-state index contributed by atoms with van der Waals surface area (Å²) in [5, 5.41) is 3.56. The summed E-state index contributed by atoms with van der Waals surface area (Å²) >= 11 is 0. The predicted octanol–water partition coefficient (Wildman–Crippen LogP) is 3.47. The van der Waals surface area contributed by atoms with Gasteiger partial charge >= 0.3 is 0 Å². The van der Waals surface area contributed by atoms with E-state index in [1.165, 1.54) is 12.1 Å². The fraction of sp³-hybridized carbons (Fsp3) is 0.538. The second-order valence-electron chi connectivity index (χ2n) is 10.5. The Morgan fingerprint density at radius 2 is 1.89 bits per heavy atom. The lowest BCUT2D eigenvalue weighted by molar-refractivity contribution is -0.131. The summed E-state index contributed by atoms with van der Waals surface area (Å²) in [6.07, 6.45) is 0.650. The molecule has 2 aromatic rings. The van der Waals surface area contributed by atoms with E-state index in [1.807, 2.05) is 30.6 Å². The van der Waals surface area contributed by atoms with Crippen LogP contribution in [0.3, 0.4) is 0 Å². The average Bonchev–Trinajstić information content (AvgIpc) is 3.12. The lowest BCUT2D eigenvalue weighted by Gasteiger charge is -2.39. The molecule has 2 amide bonds. The molecule has 3 heterocycles. The number of hydrogen-bond donors (Lipinski definition) is 1. The van der Waals surface area contributed by atoms with E-state index >= 15 is 0 Å². The minimum atomic E-state index is -0.411. The molecule has 0 saturated carbocycles. The number of anilines is 2. The van der Waals surface area contributed by atoms with Crippen LogP contribution in [0.1, 0.15) is 63.2 Å². The lowest BCUT2D eigenvalue weighted by Crippen LogP contribution is -2.54. The van der Waals surface area contributed by atoms with Crippen molar-refractivity contribution >= 4 is 23.6 Å². The third-order valence-electron chi connectivity index (χ3n) is 6.74. The number of nitrogens with zero attached hydrogens (tertiary/aromatic N) is 5. The van der Waals surface area contributed by atoms with Crippen LogP contribution in [-0.4, -0.2) is 68.8 Å². The lowest BCUT2D eigenvalue weighted by atomic mass is 9.94. The molecular formula is C26H35FN6O2. The van der Waals surface area contributed by atoms with Crippen molar-refractivity contribution in [3.05, 3.63) is 46.9 Å². The highest BCUT2D eigenvalue weighted by molar-refractivity contribution is 5.98. The summed E-state index contributed by atoms with van der Waals surface area (Å²) in [7, 11) is 0. The molecular weight excluding hydrogens is 447 g/mol. The van der Waals surface area contributed by atoms with Crippen LogP contribution >= 0.6 is 0 Å². The van der Waals surface area contributed by atoms with Crippen LogP contribution in [0.5, 0.6) is 0 Å². The van der Waals surface area contributed by atoms with E-state index in [0.717, 1.165) is 11.1 Å². The molecule has 1 aromatic heterocycles. The van der Waals surface area contributed by atoms with Crippen molar-refractivity contribution in [2.24, 2.45) is 0 Å². The standard InChI is InChI=1S/C26H35FN6O2/c1-16(2)33-15-21-22(24(33)35)28-25(31-11-12-32(18(4)34)17(3)14-31)29-23(21)30-26(5,6)13-19-7-9-20(27)10-8-19/h7-10,16-17H,11-15H2,1-6H3,(H,28,29,30). The second kappa shape index (κ2) is 9.43. The Morgan fingerprint density at radius 1 is 1.20 bits per heavy atom. The Bertz CT molecular complexity index is 1120. The highest BCUT2D eigenvalue weighted by Gasteiger charge is 2.37. The number of halogens is 1. The van der Waals surface area contributed by atoms with E-state index < -0.39 is 5.54 Å². The van der Waals surface area contributed by atoms with Gasteiger partial charge in [-0.1, -0.05) is 12.1 Å². The molecule has 1 aromatic carbocycles. The van der Waals surface area contributed by atoms with E-state index in [0.29, 0.717) is 50.1 Å². The van der Waals surface area contributed by atoms with Gasteiger partial charge in [-0.2, -0.15) is 4.98 Å². The first-order chi connectivity index (χ1) is 16.4. The molecule has 2 aliphatic heterocycles. The van der Waals surface area contributed by atoms with Gasteiger partial charge in [-0.05, 0) is 58.7 Å². The highest BCUT2D eigenvalue weighted by atomic mass is 19.1. The number of hydrogen-bond acceptors (Lipinski definition) is 6. The first-order valence-corrected chi connectivity index (χ1v) is 12.2. The van der Waals surface area contributed by atoms with Gasteiger partial charge in [0.05, 0.1) is 6.54 Å². The monoisotopic (exact) mass is 482 g/mol. The number of nitrogens with one attached hydrogen (secondary N) is 1. The quantitative estimate of drug-likeness (QED) is 0.679. The van der Waals surface area contributed by atoms with Gasteiger partial charge in [0, 0.05) is 49.7 Å². The van der Waals surface area contributed by atoms with Crippen LogP contribution < -0.4 is 10.2 Å². The van der Waals surface area contributed by atoms with Crippen molar-refractivity contribution in [1.82, 2.24) is 19.8 Å². The maximum atomic E-state index is 13.4. The van der Waals surface area contributed by atoms with Gasteiger partial charge in [0.15, 0.2) is 0 Å². The number of fused-ring (bicyclic) bond motifs is 1. The normalized spacial score (nSPS) is 18.3. The molecule has 8 nitrogen and oxygen atoms in total. The van der Waals surface area contributed by atoms with Crippen molar-refractivity contribution < 1.29 is 14.0 Å². The van der Waals surface area contributed by atoms with Gasteiger partial charge in [0.25, 0.3) is 5.91 Å².